The fourth-order valence-corrected chi connectivity index (χ4v) is 1.81. The Hall–Kier alpha value is -1.55. The number of halogens is 1. The highest BCUT2D eigenvalue weighted by Crippen LogP contribution is 2.23. The van der Waals surface area contributed by atoms with Gasteiger partial charge in [-0.15, -0.1) is 0 Å². The summed E-state index contributed by atoms with van der Waals surface area (Å²) in [5.41, 5.74) is 7.73. The molecule has 0 saturated heterocycles. The smallest absolute Gasteiger partial charge is 0.123 e. The number of hydrogen-bond donors (Lipinski definition) is 1. The third kappa shape index (κ3) is 3.20. The molecule has 0 radical (unpaired) electrons. The van der Waals surface area contributed by atoms with Gasteiger partial charge in [0.2, 0.25) is 0 Å². The second-order valence-corrected chi connectivity index (χ2v) is 4.70. The van der Waals surface area contributed by atoms with Gasteiger partial charge in [-0.25, -0.2) is 4.98 Å². The van der Waals surface area contributed by atoms with Crippen LogP contribution in [0.3, 0.4) is 0 Å². The largest absolute Gasteiger partial charge is 0.489 e. The molecule has 1 aromatic carbocycles. The molecule has 0 bridgehead atoms. The summed E-state index contributed by atoms with van der Waals surface area (Å²) in [6, 6.07) is 9.67. The van der Waals surface area contributed by atoms with Crippen LogP contribution in [0.4, 0.5) is 5.82 Å². The van der Waals surface area contributed by atoms with Gasteiger partial charge in [-0.2, -0.15) is 0 Å². The maximum Gasteiger partial charge on any atom is 0.123 e. The number of aromatic nitrogens is 1. The average Bonchev–Trinajstić information content (AvgIpc) is 2.30. The molecule has 0 aliphatic heterocycles. The van der Waals surface area contributed by atoms with Crippen LogP contribution in [0.5, 0.6) is 5.75 Å². The summed E-state index contributed by atoms with van der Waals surface area (Å²) in [6.07, 6.45) is 1.68. The van der Waals surface area contributed by atoms with E-state index in [4.69, 9.17) is 10.5 Å². The number of pyridine rings is 1. The van der Waals surface area contributed by atoms with Crippen LogP contribution in [0, 0.1) is 6.92 Å². The number of hydrogen-bond acceptors (Lipinski definition) is 3. The molecule has 88 valence electrons. The third-order valence-electron chi connectivity index (χ3n) is 2.39. The number of benzene rings is 1. The Morgan fingerprint density at radius 2 is 2.12 bits per heavy atom. The molecular weight excluding hydrogens is 280 g/mol. The van der Waals surface area contributed by atoms with Crippen molar-refractivity contribution >= 4 is 21.7 Å². The second-order valence-electron chi connectivity index (χ2n) is 3.79. The number of nitrogen functional groups attached to an aromatic ring is 1. The van der Waals surface area contributed by atoms with Crippen molar-refractivity contribution in [3.63, 3.8) is 0 Å². The summed E-state index contributed by atoms with van der Waals surface area (Å²) in [4.78, 5) is 3.94. The summed E-state index contributed by atoms with van der Waals surface area (Å²) in [7, 11) is 0. The predicted molar refractivity (Wildman–Crippen MR) is 71.9 cm³/mol. The molecule has 0 aliphatic carbocycles. The zero-order valence-electron chi connectivity index (χ0n) is 9.48. The van der Waals surface area contributed by atoms with Crippen molar-refractivity contribution in [1.29, 1.82) is 0 Å². The van der Waals surface area contributed by atoms with Crippen molar-refractivity contribution in [1.82, 2.24) is 4.98 Å². The first-order chi connectivity index (χ1) is 8.15. The minimum atomic E-state index is 0.490. The highest BCUT2D eigenvalue weighted by atomic mass is 79.9. The van der Waals surface area contributed by atoms with E-state index < -0.39 is 0 Å². The summed E-state index contributed by atoms with van der Waals surface area (Å²) in [6.45, 7) is 2.51. The Balaban J connectivity index is 2.09. The lowest BCUT2D eigenvalue weighted by atomic mass is 10.2. The lowest BCUT2D eigenvalue weighted by Gasteiger charge is -2.09. The zero-order chi connectivity index (χ0) is 12.3. The van der Waals surface area contributed by atoms with Crippen LogP contribution in [0.1, 0.15) is 11.1 Å². The van der Waals surface area contributed by atoms with Gasteiger partial charge in [0, 0.05) is 10.7 Å². The zero-order valence-corrected chi connectivity index (χ0v) is 11.1. The fraction of sp³-hybridized carbons (Fsp3) is 0.154. The number of nitrogens with zero attached hydrogens (tertiary/aromatic N) is 1. The SMILES string of the molecule is Cc1ccc(Br)cc1OCc1ccnc(N)c1. The van der Waals surface area contributed by atoms with E-state index >= 15 is 0 Å². The fourth-order valence-electron chi connectivity index (χ4n) is 1.47. The van der Waals surface area contributed by atoms with Gasteiger partial charge in [0.05, 0.1) is 0 Å². The maximum atomic E-state index is 5.75. The first-order valence-corrected chi connectivity index (χ1v) is 6.04. The first kappa shape index (κ1) is 11.9. The Morgan fingerprint density at radius 1 is 1.29 bits per heavy atom. The molecule has 0 amide bonds. The number of anilines is 1. The minimum Gasteiger partial charge on any atom is -0.489 e. The number of ether oxygens (including phenoxy) is 1. The number of nitrogens with two attached hydrogens (primary N) is 1. The molecule has 3 nitrogen and oxygen atoms in total. The van der Waals surface area contributed by atoms with Gasteiger partial charge in [-0.3, -0.25) is 0 Å². The molecule has 0 fully saturated rings. The van der Waals surface area contributed by atoms with Crippen LogP contribution in [-0.4, -0.2) is 4.98 Å². The molecular formula is C13H13BrN2O. The van der Waals surface area contributed by atoms with Crippen molar-refractivity contribution in [2.75, 3.05) is 5.73 Å². The monoisotopic (exact) mass is 292 g/mol. The summed E-state index contributed by atoms with van der Waals surface area (Å²) in [5.74, 6) is 1.38. The van der Waals surface area contributed by atoms with Gasteiger partial charge in [0.25, 0.3) is 0 Å². The molecule has 0 saturated carbocycles. The molecule has 0 spiro atoms. The quantitative estimate of drug-likeness (QED) is 0.944. The predicted octanol–water partition coefficient (Wildman–Crippen LogP) is 3.31. The van der Waals surface area contributed by atoms with E-state index in [2.05, 4.69) is 20.9 Å². The number of aryl methyl sites for hydroxylation is 1. The maximum absolute atomic E-state index is 5.75. The molecule has 0 atom stereocenters. The normalized spacial score (nSPS) is 10.2. The summed E-state index contributed by atoms with van der Waals surface area (Å²) < 4.78 is 6.75. The third-order valence-corrected chi connectivity index (χ3v) is 2.88. The minimum absolute atomic E-state index is 0.490. The van der Waals surface area contributed by atoms with E-state index in [0.717, 1.165) is 21.3 Å². The molecule has 2 rings (SSSR count). The molecule has 0 unspecified atom stereocenters. The van der Waals surface area contributed by atoms with E-state index in [0.29, 0.717) is 12.4 Å². The van der Waals surface area contributed by atoms with E-state index in [1.165, 1.54) is 0 Å². The average molecular weight is 293 g/mol. The van der Waals surface area contributed by atoms with Gasteiger partial charge in [0.15, 0.2) is 0 Å². The second kappa shape index (κ2) is 5.19. The van der Waals surface area contributed by atoms with Gasteiger partial charge < -0.3 is 10.5 Å². The van der Waals surface area contributed by atoms with Crippen molar-refractivity contribution in [2.45, 2.75) is 13.5 Å². The highest BCUT2D eigenvalue weighted by Gasteiger charge is 2.01. The van der Waals surface area contributed by atoms with E-state index in [9.17, 15) is 0 Å². The molecule has 17 heavy (non-hydrogen) atoms. The van der Waals surface area contributed by atoms with E-state index in [1.54, 1.807) is 6.20 Å². The first-order valence-electron chi connectivity index (χ1n) is 5.24. The van der Waals surface area contributed by atoms with Gasteiger partial charge in [-0.1, -0.05) is 22.0 Å². The molecule has 1 aromatic heterocycles. The van der Waals surface area contributed by atoms with Crippen molar-refractivity contribution < 1.29 is 4.74 Å². The van der Waals surface area contributed by atoms with E-state index in [1.807, 2.05) is 37.3 Å². The Morgan fingerprint density at radius 3 is 2.88 bits per heavy atom. The van der Waals surface area contributed by atoms with Crippen LogP contribution in [-0.2, 0) is 6.61 Å². The van der Waals surface area contributed by atoms with Crippen molar-refractivity contribution in [3.05, 3.63) is 52.1 Å². The van der Waals surface area contributed by atoms with Gasteiger partial charge in [0.1, 0.15) is 18.2 Å². The molecule has 2 aromatic rings. The van der Waals surface area contributed by atoms with Gasteiger partial charge in [-0.05, 0) is 42.3 Å². The van der Waals surface area contributed by atoms with Crippen LogP contribution in [0.15, 0.2) is 41.0 Å². The number of rotatable bonds is 3. The van der Waals surface area contributed by atoms with Gasteiger partial charge >= 0.3 is 0 Å². The Labute approximate surface area is 109 Å². The summed E-state index contributed by atoms with van der Waals surface area (Å²) >= 11 is 3.42. The van der Waals surface area contributed by atoms with Crippen molar-refractivity contribution in [2.24, 2.45) is 0 Å². The lowest BCUT2D eigenvalue weighted by molar-refractivity contribution is 0.304. The van der Waals surface area contributed by atoms with Crippen LogP contribution in [0.25, 0.3) is 0 Å². The Bertz CT molecular complexity index is 529. The van der Waals surface area contributed by atoms with Crippen LogP contribution < -0.4 is 10.5 Å². The summed E-state index contributed by atoms with van der Waals surface area (Å²) in [5, 5.41) is 0. The Kier molecular flexibility index (Phi) is 3.64. The molecule has 2 N–H and O–H groups in total. The topological polar surface area (TPSA) is 48.1 Å². The van der Waals surface area contributed by atoms with Crippen molar-refractivity contribution in [3.8, 4) is 5.75 Å². The van der Waals surface area contributed by atoms with Crippen LogP contribution >= 0.6 is 15.9 Å². The standard InChI is InChI=1S/C13H13BrN2O/c1-9-2-3-11(14)7-12(9)17-8-10-4-5-16-13(15)6-10/h2-7H,8H2,1H3,(H2,15,16). The highest BCUT2D eigenvalue weighted by molar-refractivity contribution is 9.10. The molecule has 0 aliphatic rings. The lowest BCUT2D eigenvalue weighted by Crippen LogP contribution is -1.99. The van der Waals surface area contributed by atoms with E-state index in [-0.39, 0.29) is 0 Å². The molecule has 1 heterocycles. The molecule has 4 heteroatoms. The van der Waals surface area contributed by atoms with Crippen LogP contribution in [0.2, 0.25) is 0 Å².